The Morgan fingerprint density at radius 3 is 2.39 bits per heavy atom. The molecule has 2 aliphatic heterocycles. The van der Waals surface area contributed by atoms with Crippen molar-refractivity contribution in [3.05, 3.63) is 42.1 Å². The summed E-state index contributed by atoms with van der Waals surface area (Å²) in [6.07, 6.45) is 1.06. The van der Waals surface area contributed by atoms with Crippen molar-refractivity contribution >= 4 is 46.9 Å². The van der Waals surface area contributed by atoms with Crippen molar-refractivity contribution in [1.29, 1.82) is 0 Å². The Bertz CT molecular complexity index is 1260. The summed E-state index contributed by atoms with van der Waals surface area (Å²) in [5.41, 5.74) is 1.83. The number of carbonyl (C=O) groups excluding carboxylic acids is 1. The van der Waals surface area contributed by atoms with E-state index in [4.69, 9.17) is 5.11 Å². The number of nitrogens with zero attached hydrogens (tertiary/aromatic N) is 3. The zero-order chi connectivity index (χ0) is 27.6. The number of pyridine rings is 1. The van der Waals surface area contributed by atoms with Crippen LogP contribution in [0, 0.1) is 0 Å². The lowest BCUT2D eigenvalue weighted by Gasteiger charge is -2.38. The second-order valence-electron chi connectivity index (χ2n) is 10.7. The molecule has 0 spiro atoms. The van der Waals surface area contributed by atoms with Gasteiger partial charge in [-0.2, -0.15) is 0 Å². The van der Waals surface area contributed by atoms with Crippen LogP contribution in [0.15, 0.2) is 36.5 Å². The highest BCUT2D eigenvalue weighted by molar-refractivity contribution is 7.92. The van der Waals surface area contributed by atoms with E-state index >= 15 is 0 Å². The number of anilines is 4. The monoisotopic (exact) mass is 567 g/mol. The predicted octanol–water partition coefficient (Wildman–Crippen LogP) is 3.83. The van der Waals surface area contributed by atoms with Gasteiger partial charge in [0.05, 0.1) is 37.4 Å². The maximum absolute atomic E-state index is 13.6. The smallest absolute Gasteiger partial charge is 0.257 e. The molecule has 2 aliphatic rings. The van der Waals surface area contributed by atoms with E-state index in [1.165, 1.54) is 12.3 Å². The third kappa shape index (κ3) is 7.20. The number of rotatable bonds is 8. The maximum Gasteiger partial charge on any atom is 0.257 e. The van der Waals surface area contributed by atoms with E-state index in [-0.39, 0.29) is 31.8 Å². The van der Waals surface area contributed by atoms with Crippen molar-refractivity contribution in [3.8, 4) is 0 Å². The molecule has 4 rings (SSSR count). The molecule has 0 atom stereocenters. The summed E-state index contributed by atoms with van der Waals surface area (Å²) < 4.78 is 54.1. The number of alkyl halides is 2. The van der Waals surface area contributed by atoms with Gasteiger partial charge in [-0.15, -0.1) is 0 Å². The Morgan fingerprint density at radius 2 is 1.74 bits per heavy atom. The first-order valence-corrected chi connectivity index (χ1v) is 17.8. The molecule has 1 aromatic heterocycles. The molecule has 3 heterocycles. The van der Waals surface area contributed by atoms with Gasteiger partial charge in [-0.05, 0) is 36.4 Å². The minimum absolute atomic E-state index is 0.184. The molecule has 208 valence electrons. The van der Waals surface area contributed by atoms with Gasteiger partial charge in [-0.3, -0.25) is 9.52 Å². The molecule has 9 nitrogen and oxygen atoms in total. The van der Waals surface area contributed by atoms with Gasteiger partial charge in [-0.1, -0.05) is 13.1 Å². The summed E-state index contributed by atoms with van der Waals surface area (Å²) in [6.45, 7) is 6.08. The van der Waals surface area contributed by atoms with Gasteiger partial charge in [0.25, 0.3) is 11.8 Å². The number of aliphatic hydroxyl groups excluding tert-OH is 1. The highest BCUT2D eigenvalue weighted by atomic mass is 32.2. The van der Waals surface area contributed by atoms with Gasteiger partial charge in [-0.25, -0.2) is 22.2 Å². The first-order valence-electron chi connectivity index (χ1n) is 12.8. The van der Waals surface area contributed by atoms with E-state index in [1.54, 1.807) is 29.2 Å². The van der Waals surface area contributed by atoms with Crippen LogP contribution in [0.3, 0.4) is 0 Å². The van der Waals surface area contributed by atoms with Gasteiger partial charge >= 0.3 is 0 Å². The van der Waals surface area contributed by atoms with Gasteiger partial charge in [0.1, 0.15) is 5.82 Å². The normalized spacial score (nSPS) is 19.2. The molecule has 2 aromatic rings. The van der Waals surface area contributed by atoms with E-state index in [0.717, 1.165) is 25.2 Å². The van der Waals surface area contributed by atoms with Crippen LogP contribution in [0.2, 0.25) is 25.2 Å². The maximum atomic E-state index is 13.6. The number of aliphatic hydroxyl groups is 1. The Kier molecular flexibility index (Phi) is 8.28. The van der Waals surface area contributed by atoms with Crippen LogP contribution in [0.4, 0.5) is 31.7 Å². The zero-order valence-electron chi connectivity index (χ0n) is 21.7. The molecule has 0 unspecified atom stereocenters. The number of piperidine rings is 1. The van der Waals surface area contributed by atoms with Crippen molar-refractivity contribution in [3.63, 3.8) is 0 Å². The summed E-state index contributed by atoms with van der Waals surface area (Å²) in [5.74, 6) is -2.93. The number of benzene rings is 1. The average Bonchev–Trinajstić information content (AvgIpc) is 2.84. The molecule has 38 heavy (non-hydrogen) atoms. The summed E-state index contributed by atoms with van der Waals surface area (Å²) in [5, 5.41) is 11.9. The topological polar surface area (TPSA) is 115 Å². The average molecular weight is 568 g/mol. The summed E-state index contributed by atoms with van der Waals surface area (Å²) in [7, 11) is -5.03. The van der Waals surface area contributed by atoms with E-state index in [9.17, 15) is 22.0 Å². The number of hydrogen-bond donors (Lipinski definition) is 3. The quantitative estimate of drug-likeness (QED) is 0.416. The number of aromatic nitrogens is 1. The second-order valence-corrected chi connectivity index (χ2v) is 17.9. The van der Waals surface area contributed by atoms with Gasteiger partial charge in [0.2, 0.25) is 10.0 Å². The highest BCUT2D eigenvalue weighted by Crippen LogP contribution is 2.33. The highest BCUT2D eigenvalue weighted by Gasteiger charge is 2.34. The molecule has 13 heteroatoms. The predicted molar refractivity (Wildman–Crippen MR) is 149 cm³/mol. The minimum atomic E-state index is -3.73. The van der Waals surface area contributed by atoms with Gasteiger partial charge in [0, 0.05) is 57.0 Å². The van der Waals surface area contributed by atoms with Crippen LogP contribution in [-0.2, 0) is 10.0 Å². The van der Waals surface area contributed by atoms with Gasteiger partial charge in [0.15, 0.2) is 0 Å². The molecule has 3 N–H and O–H groups in total. The number of carbonyl (C=O) groups is 1. The van der Waals surface area contributed by atoms with Crippen LogP contribution in [0.1, 0.15) is 23.2 Å². The Balaban J connectivity index is 1.57. The van der Waals surface area contributed by atoms with Crippen LogP contribution < -0.4 is 19.8 Å². The van der Waals surface area contributed by atoms with Crippen LogP contribution in [-0.4, -0.2) is 77.0 Å². The molecule has 2 fully saturated rings. The van der Waals surface area contributed by atoms with Gasteiger partial charge < -0.3 is 20.2 Å². The number of sulfonamides is 1. The van der Waals surface area contributed by atoms with Crippen LogP contribution >= 0.6 is 0 Å². The molecule has 2 saturated heterocycles. The molecular formula is C25H35F2N5O4SSi. The minimum Gasteiger partial charge on any atom is -0.395 e. The lowest BCUT2D eigenvalue weighted by Crippen LogP contribution is -2.43. The van der Waals surface area contributed by atoms with Crippen LogP contribution in [0.5, 0.6) is 0 Å². The standard InChI is InChI=1S/C25H35F2N5O4SSi/c1-38(2)15-11-31(12-16-38)22-17-20(30-37(35,36)14-13-33)3-4-21(22)24(34)29-19-5-8-28-23(18-19)32-9-6-25(26,27)7-10-32/h3-5,8,17-18,30,33H,6-7,9-16H2,1-2H3,(H,28,29,34). The van der Waals surface area contributed by atoms with E-state index in [1.807, 2.05) is 0 Å². The number of amides is 1. The third-order valence-electron chi connectivity index (χ3n) is 7.16. The van der Waals surface area contributed by atoms with Crippen LogP contribution in [0.25, 0.3) is 0 Å². The first-order chi connectivity index (χ1) is 17.9. The Labute approximate surface area is 223 Å². The largest absolute Gasteiger partial charge is 0.395 e. The molecule has 1 aromatic carbocycles. The van der Waals surface area contributed by atoms with E-state index in [2.05, 4.69) is 33.0 Å². The lowest BCUT2D eigenvalue weighted by atomic mass is 10.1. The molecule has 0 saturated carbocycles. The number of nitrogens with one attached hydrogen (secondary N) is 2. The van der Waals surface area contributed by atoms with Crippen molar-refractivity contribution in [2.45, 2.75) is 43.9 Å². The lowest BCUT2D eigenvalue weighted by molar-refractivity contribution is -0.0221. The Hall–Kier alpha value is -2.77. The fourth-order valence-electron chi connectivity index (χ4n) is 4.68. The first kappa shape index (κ1) is 28.2. The molecule has 0 bridgehead atoms. The number of hydrogen-bond acceptors (Lipinski definition) is 7. The van der Waals surface area contributed by atoms with Crippen molar-refractivity contribution in [2.24, 2.45) is 0 Å². The fraction of sp³-hybridized carbons (Fsp3) is 0.520. The zero-order valence-corrected chi connectivity index (χ0v) is 23.5. The summed E-state index contributed by atoms with van der Waals surface area (Å²) in [6, 6.07) is 10.2. The molecular weight excluding hydrogens is 532 g/mol. The third-order valence-corrected chi connectivity index (χ3v) is 11.6. The van der Waals surface area contributed by atoms with Crippen molar-refractivity contribution in [2.75, 3.05) is 58.4 Å². The second kappa shape index (κ2) is 11.1. The van der Waals surface area contributed by atoms with Crippen molar-refractivity contribution in [1.82, 2.24) is 4.98 Å². The summed E-state index contributed by atoms with van der Waals surface area (Å²) in [4.78, 5) is 21.6. The molecule has 0 radical (unpaired) electrons. The molecule has 1 amide bonds. The fourth-order valence-corrected chi connectivity index (χ4v) is 7.51. The van der Waals surface area contributed by atoms with Crippen molar-refractivity contribution < 1.29 is 27.1 Å². The van der Waals surface area contributed by atoms with E-state index < -0.39 is 36.4 Å². The SMILES string of the molecule is C[Si]1(C)CCN(c2cc(NS(=O)(=O)CCO)ccc2C(=O)Nc2ccnc(N3CCC(F)(F)CC3)c2)CC1. The Morgan fingerprint density at radius 1 is 1.05 bits per heavy atom. The van der Waals surface area contributed by atoms with E-state index in [0.29, 0.717) is 28.4 Å². The summed E-state index contributed by atoms with van der Waals surface area (Å²) >= 11 is 0. The molecule has 0 aliphatic carbocycles. The number of halogens is 2.